The first kappa shape index (κ1) is 22.6. The molecule has 2 aromatic carbocycles. The average molecular weight is 484 g/mol. The molecule has 0 bridgehead atoms. The fraction of sp³-hybridized carbons (Fsp3) is 0.208. The number of fused-ring (bicyclic) bond motifs is 1. The van der Waals surface area contributed by atoms with Crippen molar-refractivity contribution in [1.82, 2.24) is 9.97 Å². The number of methoxy groups -OCH3 is 1. The second-order valence-corrected chi connectivity index (χ2v) is 10.4. The Labute approximate surface area is 200 Å². The molecule has 0 saturated heterocycles. The largest absolute Gasteiger partial charge is 0.494 e. The molecule has 4 rings (SSSR count). The van der Waals surface area contributed by atoms with Crippen LogP contribution in [0.25, 0.3) is 10.2 Å². The van der Waals surface area contributed by atoms with Gasteiger partial charge in [-0.2, -0.15) is 0 Å². The Bertz CT molecular complexity index is 1230. The minimum absolute atomic E-state index is 0.135. The Hall–Kier alpha value is -2.61. The fourth-order valence-corrected chi connectivity index (χ4v) is 5.32. The number of rotatable bonds is 7. The van der Waals surface area contributed by atoms with Crippen LogP contribution < -0.4 is 9.64 Å². The van der Waals surface area contributed by atoms with Crippen LogP contribution in [-0.4, -0.2) is 28.2 Å². The van der Waals surface area contributed by atoms with Gasteiger partial charge in [-0.05, 0) is 48.0 Å². The summed E-state index contributed by atoms with van der Waals surface area (Å²) in [5.41, 5.74) is 2.15. The zero-order valence-electron chi connectivity index (χ0n) is 17.9. The summed E-state index contributed by atoms with van der Waals surface area (Å²) in [6.45, 7) is 4.63. The Morgan fingerprint density at radius 2 is 1.97 bits per heavy atom. The molecule has 2 heterocycles. The van der Waals surface area contributed by atoms with Crippen LogP contribution in [0.2, 0.25) is 5.02 Å². The number of ether oxygens (including phenoxy) is 1. The Balaban J connectivity index is 1.74. The number of pyridine rings is 1. The van der Waals surface area contributed by atoms with Gasteiger partial charge < -0.3 is 4.74 Å². The second-order valence-electron chi connectivity index (χ2n) is 7.37. The minimum atomic E-state index is -0.135. The first-order valence-corrected chi connectivity index (χ1v) is 12.1. The smallest absolute Gasteiger partial charge is 0.260 e. The summed E-state index contributed by atoms with van der Waals surface area (Å²) < 4.78 is 6.24. The lowest BCUT2D eigenvalue weighted by Gasteiger charge is -2.20. The highest BCUT2D eigenvalue weighted by Gasteiger charge is 2.23. The van der Waals surface area contributed by atoms with Gasteiger partial charge in [-0.3, -0.25) is 14.7 Å². The van der Waals surface area contributed by atoms with E-state index >= 15 is 0 Å². The van der Waals surface area contributed by atoms with Crippen molar-refractivity contribution in [1.29, 1.82) is 0 Å². The molecule has 0 unspecified atom stereocenters. The van der Waals surface area contributed by atoms with E-state index in [0.717, 1.165) is 15.2 Å². The number of nitrogens with zero attached hydrogens (tertiary/aromatic N) is 3. The molecule has 0 saturated carbocycles. The fourth-order valence-electron chi connectivity index (χ4n) is 3.23. The summed E-state index contributed by atoms with van der Waals surface area (Å²) in [7, 11) is 1.59. The van der Waals surface area contributed by atoms with E-state index in [-0.39, 0.29) is 5.91 Å². The van der Waals surface area contributed by atoms with Crippen LogP contribution in [-0.2, 0) is 6.54 Å². The molecule has 5 nitrogen and oxygen atoms in total. The predicted molar refractivity (Wildman–Crippen MR) is 133 cm³/mol. The van der Waals surface area contributed by atoms with Gasteiger partial charge in [-0.15, -0.1) is 11.8 Å². The molecule has 0 spiro atoms. The van der Waals surface area contributed by atoms with Gasteiger partial charge in [0.1, 0.15) is 11.3 Å². The normalized spacial score (nSPS) is 11.2. The average Bonchev–Trinajstić information content (AvgIpc) is 3.24. The standard InChI is InChI=1S/C24H22ClN3O2S2/c1-15(2)31-18-8-6-17(7-9-18)23(29)28(14-16-5-4-12-26-13-16)24-27-21-20(30-3)11-10-19(25)22(21)32-24/h4-13,15H,14H2,1-3H3. The lowest BCUT2D eigenvalue weighted by molar-refractivity contribution is 0.0985. The number of anilines is 1. The molecular weight excluding hydrogens is 462 g/mol. The van der Waals surface area contributed by atoms with E-state index < -0.39 is 0 Å². The van der Waals surface area contributed by atoms with Gasteiger partial charge in [0.15, 0.2) is 5.13 Å². The van der Waals surface area contributed by atoms with Crippen molar-refractivity contribution in [2.24, 2.45) is 0 Å². The Kier molecular flexibility index (Phi) is 6.98. The number of carbonyl (C=O) groups is 1. The van der Waals surface area contributed by atoms with E-state index in [4.69, 9.17) is 21.3 Å². The third-order valence-corrected chi connectivity index (χ3v) is 7.23. The summed E-state index contributed by atoms with van der Waals surface area (Å²) in [4.78, 5) is 25.3. The van der Waals surface area contributed by atoms with Crippen molar-refractivity contribution in [3.05, 3.63) is 77.1 Å². The van der Waals surface area contributed by atoms with Crippen molar-refractivity contribution >= 4 is 56.0 Å². The molecule has 0 N–H and O–H groups in total. The number of thiazole rings is 1. The van der Waals surface area contributed by atoms with Gasteiger partial charge in [0.2, 0.25) is 0 Å². The molecule has 164 valence electrons. The van der Waals surface area contributed by atoms with Crippen molar-refractivity contribution in [3.8, 4) is 5.75 Å². The number of carbonyl (C=O) groups excluding carboxylic acids is 1. The number of hydrogen-bond acceptors (Lipinski definition) is 6. The lowest BCUT2D eigenvalue weighted by Crippen LogP contribution is -2.30. The van der Waals surface area contributed by atoms with Crippen LogP contribution in [0, 0.1) is 0 Å². The molecule has 0 atom stereocenters. The Morgan fingerprint density at radius 1 is 1.19 bits per heavy atom. The number of halogens is 1. The van der Waals surface area contributed by atoms with Gasteiger partial charge in [0.05, 0.1) is 23.4 Å². The SMILES string of the molecule is COc1ccc(Cl)c2sc(N(Cc3cccnc3)C(=O)c3ccc(SC(C)C)cc3)nc12. The molecule has 32 heavy (non-hydrogen) atoms. The molecule has 0 aliphatic carbocycles. The van der Waals surface area contributed by atoms with Crippen LogP contribution in [0.1, 0.15) is 29.8 Å². The summed E-state index contributed by atoms with van der Waals surface area (Å²) in [6, 6.07) is 15.1. The van der Waals surface area contributed by atoms with Gasteiger partial charge in [0.25, 0.3) is 5.91 Å². The molecule has 1 amide bonds. The number of hydrogen-bond donors (Lipinski definition) is 0. The third-order valence-electron chi connectivity index (χ3n) is 4.68. The van der Waals surface area contributed by atoms with E-state index in [0.29, 0.717) is 38.8 Å². The van der Waals surface area contributed by atoms with Crippen molar-refractivity contribution in [3.63, 3.8) is 0 Å². The number of aromatic nitrogens is 2. The summed E-state index contributed by atoms with van der Waals surface area (Å²) >= 11 is 9.55. The van der Waals surface area contributed by atoms with Crippen LogP contribution >= 0.6 is 34.7 Å². The topological polar surface area (TPSA) is 55.3 Å². The number of benzene rings is 2. The van der Waals surface area contributed by atoms with Gasteiger partial charge in [-0.1, -0.05) is 42.9 Å². The number of amides is 1. The maximum Gasteiger partial charge on any atom is 0.260 e. The molecule has 8 heteroatoms. The van der Waals surface area contributed by atoms with Crippen LogP contribution in [0.4, 0.5) is 5.13 Å². The van der Waals surface area contributed by atoms with Gasteiger partial charge in [-0.25, -0.2) is 4.98 Å². The maximum atomic E-state index is 13.6. The van der Waals surface area contributed by atoms with Crippen LogP contribution in [0.3, 0.4) is 0 Å². The molecule has 0 fully saturated rings. The highest BCUT2D eigenvalue weighted by Crippen LogP contribution is 2.39. The highest BCUT2D eigenvalue weighted by atomic mass is 35.5. The number of thioether (sulfide) groups is 1. The minimum Gasteiger partial charge on any atom is -0.494 e. The molecule has 4 aromatic rings. The maximum absolute atomic E-state index is 13.6. The third kappa shape index (κ3) is 4.90. The van der Waals surface area contributed by atoms with E-state index in [1.54, 1.807) is 48.3 Å². The molecule has 2 aromatic heterocycles. The first-order valence-electron chi connectivity index (χ1n) is 10.1. The van der Waals surface area contributed by atoms with E-state index in [2.05, 4.69) is 18.8 Å². The van der Waals surface area contributed by atoms with E-state index in [1.807, 2.05) is 36.4 Å². The molecular formula is C24H22ClN3O2S2. The summed E-state index contributed by atoms with van der Waals surface area (Å²) in [5, 5.41) is 1.61. The zero-order valence-corrected chi connectivity index (χ0v) is 20.3. The second kappa shape index (κ2) is 9.90. The molecule has 0 radical (unpaired) electrons. The zero-order chi connectivity index (χ0) is 22.7. The molecule has 0 aliphatic rings. The quantitative estimate of drug-likeness (QED) is 0.274. The predicted octanol–water partition coefficient (Wildman–Crippen LogP) is 6.70. The summed E-state index contributed by atoms with van der Waals surface area (Å²) in [6.07, 6.45) is 3.46. The van der Waals surface area contributed by atoms with E-state index in [1.165, 1.54) is 11.3 Å². The monoisotopic (exact) mass is 483 g/mol. The molecule has 0 aliphatic heterocycles. The van der Waals surface area contributed by atoms with Crippen molar-refractivity contribution in [2.45, 2.75) is 30.5 Å². The lowest BCUT2D eigenvalue weighted by atomic mass is 10.2. The van der Waals surface area contributed by atoms with Gasteiger partial charge in [0, 0.05) is 28.1 Å². The first-order chi connectivity index (χ1) is 15.5. The van der Waals surface area contributed by atoms with Gasteiger partial charge >= 0.3 is 0 Å². The summed E-state index contributed by atoms with van der Waals surface area (Å²) in [5.74, 6) is 0.486. The Morgan fingerprint density at radius 3 is 2.62 bits per heavy atom. The van der Waals surface area contributed by atoms with Crippen molar-refractivity contribution in [2.75, 3.05) is 12.0 Å². The highest BCUT2D eigenvalue weighted by molar-refractivity contribution is 7.99. The van der Waals surface area contributed by atoms with Crippen LogP contribution in [0.5, 0.6) is 5.75 Å². The van der Waals surface area contributed by atoms with Crippen molar-refractivity contribution < 1.29 is 9.53 Å². The van der Waals surface area contributed by atoms with Crippen LogP contribution in [0.15, 0.2) is 65.8 Å². The van der Waals surface area contributed by atoms with E-state index in [9.17, 15) is 4.79 Å².